The third kappa shape index (κ3) is 2.73. The van der Waals surface area contributed by atoms with Crippen LogP contribution >= 0.6 is 0 Å². The van der Waals surface area contributed by atoms with Gasteiger partial charge in [-0.2, -0.15) is 5.26 Å². The zero-order valence-corrected chi connectivity index (χ0v) is 14.3. The first-order valence-electron chi connectivity index (χ1n) is 8.21. The predicted molar refractivity (Wildman–Crippen MR) is 102 cm³/mol. The molecule has 28 heavy (non-hydrogen) atoms. The molecule has 0 amide bonds. The molecule has 3 N–H and O–H groups in total. The summed E-state index contributed by atoms with van der Waals surface area (Å²) in [5.74, 6) is -0.850. The van der Waals surface area contributed by atoms with Gasteiger partial charge in [-0.25, -0.2) is 14.2 Å². The SMILES string of the molecule is N#Cc1c(-c2ccc(F)cc2)cc(-c2c(O)c3ccccc3oc2=O)nc1N. The Morgan fingerprint density at radius 1 is 1.14 bits per heavy atom. The molecule has 2 heterocycles. The Morgan fingerprint density at radius 3 is 2.57 bits per heavy atom. The Kier molecular flexibility index (Phi) is 4.02. The fourth-order valence-corrected chi connectivity index (χ4v) is 3.03. The molecule has 7 heteroatoms. The Balaban J connectivity index is 2.03. The van der Waals surface area contributed by atoms with E-state index >= 15 is 0 Å². The van der Waals surface area contributed by atoms with Crippen molar-refractivity contribution in [3.8, 4) is 34.2 Å². The van der Waals surface area contributed by atoms with Gasteiger partial charge in [0.1, 0.15) is 40.2 Å². The van der Waals surface area contributed by atoms with Crippen LogP contribution in [0.5, 0.6) is 5.75 Å². The third-order valence-electron chi connectivity index (χ3n) is 4.36. The maximum absolute atomic E-state index is 13.3. The first-order valence-corrected chi connectivity index (χ1v) is 8.21. The van der Waals surface area contributed by atoms with E-state index in [1.165, 1.54) is 30.3 Å². The van der Waals surface area contributed by atoms with Crippen LogP contribution in [0.15, 0.2) is 63.8 Å². The van der Waals surface area contributed by atoms with Gasteiger partial charge in [0.05, 0.1) is 11.1 Å². The lowest BCUT2D eigenvalue weighted by molar-refractivity contribution is 0.471. The Hall–Kier alpha value is -4.18. The van der Waals surface area contributed by atoms with Crippen molar-refractivity contribution in [3.63, 3.8) is 0 Å². The highest BCUT2D eigenvalue weighted by Crippen LogP contribution is 2.36. The molecule has 0 unspecified atom stereocenters. The van der Waals surface area contributed by atoms with Crippen LogP contribution < -0.4 is 11.4 Å². The van der Waals surface area contributed by atoms with Crippen molar-refractivity contribution >= 4 is 16.8 Å². The van der Waals surface area contributed by atoms with Gasteiger partial charge < -0.3 is 15.3 Å². The standard InChI is InChI=1S/C21H12FN3O3/c22-12-7-5-11(6-8-12)14-9-16(25-20(24)15(14)10-23)18-19(26)13-3-1-2-4-17(13)28-21(18)27/h1-9,26H,(H2,24,25). The molecule has 0 saturated carbocycles. The minimum absolute atomic E-state index is 0.0489. The van der Waals surface area contributed by atoms with Crippen molar-refractivity contribution in [2.45, 2.75) is 0 Å². The number of nitrogens with two attached hydrogens (primary N) is 1. The van der Waals surface area contributed by atoms with E-state index in [2.05, 4.69) is 4.98 Å². The molecule has 2 aromatic carbocycles. The molecular formula is C21H12FN3O3. The fourth-order valence-electron chi connectivity index (χ4n) is 3.03. The van der Waals surface area contributed by atoms with Gasteiger partial charge in [0.15, 0.2) is 0 Å². The van der Waals surface area contributed by atoms with E-state index in [0.29, 0.717) is 16.5 Å². The number of hydrogen-bond donors (Lipinski definition) is 2. The van der Waals surface area contributed by atoms with Crippen LogP contribution in [-0.2, 0) is 0 Å². The second-order valence-corrected chi connectivity index (χ2v) is 6.04. The number of pyridine rings is 1. The van der Waals surface area contributed by atoms with Crippen LogP contribution in [0.25, 0.3) is 33.4 Å². The van der Waals surface area contributed by atoms with Gasteiger partial charge in [-0.05, 0) is 35.9 Å². The molecular weight excluding hydrogens is 361 g/mol. The molecule has 0 fully saturated rings. The normalized spacial score (nSPS) is 10.7. The van der Waals surface area contributed by atoms with Gasteiger partial charge in [0.2, 0.25) is 0 Å². The number of hydrogen-bond acceptors (Lipinski definition) is 6. The van der Waals surface area contributed by atoms with Crippen molar-refractivity contribution in [1.82, 2.24) is 4.98 Å². The Bertz CT molecular complexity index is 1320. The first kappa shape index (κ1) is 17.2. The monoisotopic (exact) mass is 373 g/mol. The fraction of sp³-hybridized carbons (Fsp3) is 0. The van der Waals surface area contributed by atoms with Crippen LogP contribution in [0.3, 0.4) is 0 Å². The van der Waals surface area contributed by atoms with E-state index in [0.717, 1.165) is 0 Å². The second-order valence-electron chi connectivity index (χ2n) is 6.04. The molecule has 0 saturated heterocycles. The molecule has 0 atom stereocenters. The predicted octanol–water partition coefficient (Wildman–Crippen LogP) is 3.82. The average Bonchev–Trinajstić information content (AvgIpc) is 2.68. The van der Waals surface area contributed by atoms with E-state index < -0.39 is 11.4 Å². The lowest BCUT2D eigenvalue weighted by Crippen LogP contribution is -2.07. The number of rotatable bonds is 2. The van der Waals surface area contributed by atoms with Gasteiger partial charge >= 0.3 is 5.63 Å². The zero-order valence-electron chi connectivity index (χ0n) is 14.3. The highest BCUT2D eigenvalue weighted by molar-refractivity contribution is 5.91. The molecule has 4 aromatic rings. The zero-order chi connectivity index (χ0) is 19.8. The second kappa shape index (κ2) is 6.52. The number of nitrogens with zero attached hydrogens (tertiary/aromatic N) is 2. The van der Waals surface area contributed by atoms with Crippen LogP contribution in [0.1, 0.15) is 5.56 Å². The van der Waals surface area contributed by atoms with Gasteiger partial charge in [0.25, 0.3) is 0 Å². The topological polar surface area (TPSA) is 113 Å². The molecule has 0 spiro atoms. The molecule has 4 rings (SSSR count). The van der Waals surface area contributed by atoms with E-state index in [9.17, 15) is 19.6 Å². The largest absolute Gasteiger partial charge is 0.506 e. The van der Waals surface area contributed by atoms with Crippen molar-refractivity contribution < 1.29 is 13.9 Å². The van der Waals surface area contributed by atoms with Crippen LogP contribution in [-0.4, -0.2) is 10.1 Å². The van der Waals surface area contributed by atoms with Crippen LogP contribution in [0.4, 0.5) is 10.2 Å². The van der Waals surface area contributed by atoms with E-state index in [4.69, 9.17) is 10.2 Å². The molecule has 0 bridgehead atoms. The number of nitriles is 1. The van der Waals surface area contributed by atoms with Gasteiger partial charge in [-0.3, -0.25) is 0 Å². The van der Waals surface area contributed by atoms with Gasteiger partial charge in [-0.1, -0.05) is 24.3 Å². The third-order valence-corrected chi connectivity index (χ3v) is 4.36. The molecule has 0 radical (unpaired) electrons. The number of fused-ring (bicyclic) bond motifs is 1. The maximum Gasteiger partial charge on any atom is 0.349 e. The molecule has 0 aliphatic rings. The maximum atomic E-state index is 13.3. The highest BCUT2D eigenvalue weighted by atomic mass is 19.1. The lowest BCUT2D eigenvalue weighted by atomic mass is 9.98. The number of aromatic nitrogens is 1. The van der Waals surface area contributed by atoms with E-state index in [1.54, 1.807) is 24.3 Å². The minimum Gasteiger partial charge on any atom is -0.506 e. The summed E-state index contributed by atoms with van der Waals surface area (Å²) < 4.78 is 18.5. The number of halogens is 1. The highest BCUT2D eigenvalue weighted by Gasteiger charge is 2.20. The van der Waals surface area contributed by atoms with E-state index in [1.807, 2.05) is 6.07 Å². The molecule has 2 aromatic heterocycles. The summed E-state index contributed by atoms with van der Waals surface area (Å²) in [5.41, 5.74) is 6.20. The molecule has 6 nitrogen and oxygen atoms in total. The van der Waals surface area contributed by atoms with Gasteiger partial charge in [0, 0.05) is 5.56 Å². The summed E-state index contributed by atoms with van der Waals surface area (Å²) in [4.78, 5) is 16.6. The van der Waals surface area contributed by atoms with E-state index in [-0.39, 0.29) is 34.0 Å². The van der Waals surface area contributed by atoms with Crippen molar-refractivity contribution in [1.29, 1.82) is 5.26 Å². The number of nitrogen functional groups attached to an aromatic ring is 1. The van der Waals surface area contributed by atoms with Crippen molar-refractivity contribution in [2.75, 3.05) is 5.73 Å². The quantitative estimate of drug-likeness (QED) is 0.517. The molecule has 136 valence electrons. The van der Waals surface area contributed by atoms with Crippen molar-refractivity contribution in [3.05, 3.63) is 76.4 Å². The molecule has 0 aliphatic carbocycles. The number of benzene rings is 2. The molecule has 0 aliphatic heterocycles. The lowest BCUT2D eigenvalue weighted by Gasteiger charge is -2.11. The summed E-state index contributed by atoms with van der Waals surface area (Å²) in [7, 11) is 0. The summed E-state index contributed by atoms with van der Waals surface area (Å²) >= 11 is 0. The van der Waals surface area contributed by atoms with Crippen LogP contribution in [0.2, 0.25) is 0 Å². The Labute approximate surface area is 157 Å². The van der Waals surface area contributed by atoms with Crippen LogP contribution in [0, 0.1) is 17.1 Å². The first-order chi connectivity index (χ1) is 13.5. The number of para-hydroxylation sites is 1. The smallest absolute Gasteiger partial charge is 0.349 e. The Morgan fingerprint density at radius 2 is 1.86 bits per heavy atom. The summed E-state index contributed by atoms with van der Waals surface area (Å²) in [6, 6.07) is 15.4. The van der Waals surface area contributed by atoms with Gasteiger partial charge in [-0.15, -0.1) is 0 Å². The average molecular weight is 373 g/mol. The number of anilines is 1. The summed E-state index contributed by atoms with van der Waals surface area (Å²) in [5, 5.41) is 20.4. The minimum atomic E-state index is -0.794. The summed E-state index contributed by atoms with van der Waals surface area (Å²) in [6.45, 7) is 0. The van der Waals surface area contributed by atoms with Crippen molar-refractivity contribution in [2.24, 2.45) is 0 Å². The number of aromatic hydroxyl groups is 1. The summed E-state index contributed by atoms with van der Waals surface area (Å²) in [6.07, 6.45) is 0.